The zero-order chi connectivity index (χ0) is 22.1. The predicted molar refractivity (Wildman–Crippen MR) is 118 cm³/mol. The number of anilines is 1. The maximum atomic E-state index is 12.8. The van der Waals surface area contributed by atoms with Crippen molar-refractivity contribution in [2.75, 3.05) is 11.4 Å². The van der Waals surface area contributed by atoms with Crippen LogP contribution in [0.1, 0.15) is 56.1 Å². The highest BCUT2D eigenvalue weighted by Gasteiger charge is 2.44. The number of benzene rings is 1. The van der Waals surface area contributed by atoms with Crippen LogP contribution in [-0.4, -0.2) is 34.3 Å². The molecule has 3 amide bonds. The number of hydrogen-bond acceptors (Lipinski definition) is 5. The number of pyridine rings is 1. The van der Waals surface area contributed by atoms with Crippen LogP contribution in [0.2, 0.25) is 0 Å². The number of imide groups is 1. The molecule has 32 heavy (non-hydrogen) atoms. The number of amides is 3. The summed E-state index contributed by atoms with van der Waals surface area (Å²) in [6.45, 7) is 1.10. The van der Waals surface area contributed by atoms with Crippen LogP contribution in [-0.2, 0) is 22.6 Å². The number of ether oxygens (including phenoxy) is 1. The third-order valence-electron chi connectivity index (χ3n) is 7.03. The lowest BCUT2D eigenvalue weighted by molar-refractivity contribution is -0.134. The Labute approximate surface area is 187 Å². The van der Waals surface area contributed by atoms with E-state index in [1.54, 1.807) is 11.0 Å². The average molecular weight is 434 g/mol. The summed E-state index contributed by atoms with van der Waals surface area (Å²) in [6, 6.07) is 11.2. The first-order chi connectivity index (χ1) is 15.5. The minimum Gasteiger partial charge on any atom is -0.391 e. The summed E-state index contributed by atoms with van der Waals surface area (Å²) in [7, 11) is 0. The SMILES string of the molecule is O=C(Oc1ccc(N2C(=O)CC3(CCCCC3)CC2=O)cn1)N1CCc2ccccc2C1. The summed E-state index contributed by atoms with van der Waals surface area (Å²) in [5, 5.41) is 0. The zero-order valence-corrected chi connectivity index (χ0v) is 18.1. The smallest absolute Gasteiger partial charge is 0.391 e. The fourth-order valence-electron chi connectivity index (χ4n) is 5.32. The van der Waals surface area contributed by atoms with E-state index in [4.69, 9.17) is 4.74 Å². The quantitative estimate of drug-likeness (QED) is 0.662. The van der Waals surface area contributed by atoms with Crippen molar-refractivity contribution in [2.24, 2.45) is 5.41 Å². The maximum absolute atomic E-state index is 12.8. The summed E-state index contributed by atoms with van der Waals surface area (Å²) < 4.78 is 5.44. The molecule has 7 nitrogen and oxygen atoms in total. The molecule has 1 saturated carbocycles. The Morgan fingerprint density at radius 2 is 1.66 bits per heavy atom. The average Bonchev–Trinajstić information content (AvgIpc) is 2.80. The minimum atomic E-state index is -0.455. The summed E-state index contributed by atoms with van der Waals surface area (Å²) in [5.41, 5.74) is 2.65. The molecule has 3 aliphatic rings. The van der Waals surface area contributed by atoms with Gasteiger partial charge >= 0.3 is 6.09 Å². The van der Waals surface area contributed by atoms with Gasteiger partial charge in [0.15, 0.2) is 0 Å². The van der Waals surface area contributed by atoms with Gasteiger partial charge in [-0.1, -0.05) is 43.5 Å². The molecule has 1 aromatic carbocycles. The van der Waals surface area contributed by atoms with Gasteiger partial charge in [0.2, 0.25) is 17.7 Å². The lowest BCUT2D eigenvalue weighted by atomic mass is 9.67. The van der Waals surface area contributed by atoms with E-state index in [0.29, 0.717) is 31.6 Å². The lowest BCUT2D eigenvalue weighted by Crippen LogP contribution is -2.48. The fraction of sp³-hybridized carbons (Fsp3) is 0.440. The van der Waals surface area contributed by atoms with Gasteiger partial charge < -0.3 is 9.64 Å². The van der Waals surface area contributed by atoms with Crippen molar-refractivity contribution in [3.63, 3.8) is 0 Å². The Hall–Kier alpha value is -3.22. The number of aromatic nitrogens is 1. The largest absolute Gasteiger partial charge is 0.416 e. The van der Waals surface area contributed by atoms with Crippen molar-refractivity contribution in [1.29, 1.82) is 0 Å². The zero-order valence-electron chi connectivity index (χ0n) is 18.1. The molecule has 0 bridgehead atoms. The molecule has 3 heterocycles. The van der Waals surface area contributed by atoms with Gasteiger partial charge in [0.25, 0.3) is 0 Å². The molecule has 1 saturated heterocycles. The summed E-state index contributed by atoms with van der Waals surface area (Å²) in [6.07, 6.45) is 7.85. The van der Waals surface area contributed by atoms with Gasteiger partial charge in [-0.3, -0.25) is 9.59 Å². The first-order valence-corrected chi connectivity index (χ1v) is 11.4. The molecule has 1 aliphatic carbocycles. The van der Waals surface area contributed by atoms with E-state index in [1.165, 1.54) is 29.1 Å². The number of hydrogen-bond donors (Lipinski definition) is 0. The van der Waals surface area contributed by atoms with Crippen molar-refractivity contribution in [2.45, 2.75) is 57.9 Å². The van der Waals surface area contributed by atoms with Gasteiger partial charge in [-0.15, -0.1) is 0 Å². The molecule has 7 heteroatoms. The molecule has 2 aromatic rings. The number of carbonyl (C=O) groups is 3. The first kappa shape index (κ1) is 20.7. The summed E-state index contributed by atoms with van der Waals surface area (Å²) in [4.78, 5) is 45.3. The normalized spacial score (nSPS) is 20.2. The van der Waals surface area contributed by atoms with Crippen molar-refractivity contribution in [1.82, 2.24) is 9.88 Å². The maximum Gasteiger partial charge on any atom is 0.416 e. The van der Waals surface area contributed by atoms with Crippen LogP contribution in [0.3, 0.4) is 0 Å². The molecule has 1 spiro atoms. The molecule has 0 N–H and O–H groups in total. The molecule has 0 radical (unpaired) electrons. The molecular weight excluding hydrogens is 406 g/mol. The molecule has 1 aromatic heterocycles. The van der Waals surface area contributed by atoms with Crippen LogP contribution in [0.5, 0.6) is 5.88 Å². The fourth-order valence-corrected chi connectivity index (χ4v) is 5.32. The Morgan fingerprint density at radius 3 is 2.34 bits per heavy atom. The monoisotopic (exact) mass is 433 g/mol. The Morgan fingerprint density at radius 1 is 0.938 bits per heavy atom. The van der Waals surface area contributed by atoms with E-state index >= 15 is 0 Å². The molecule has 166 valence electrons. The standard InChI is InChI=1S/C25H27N3O4/c29-22-14-25(11-4-1-5-12-25)15-23(30)28(22)20-8-9-21(26-16-20)32-24(31)27-13-10-18-6-2-3-7-19(18)17-27/h2-3,6-9,16H,1,4-5,10-15,17H2. The minimum absolute atomic E-state index is 0.151. The second kappa shape index (κ2) is 8.37. The van der Waals surface area contributed by atoms with Crippen LogP contribution < -0.4 is 9.64 Å². The van der Waals surface area contributed by atoms with Crippen molar-refractivity contribution in [3.05, 3.63) is 53.7 Å². The van der Waals surface area contributed by atoms with Crippen molar-refractivity contribution in [3.8, 4) is 5.88 Å². The predicted octanol–water partition coefficient (Wildman–Crippen LogP) is 4.24. The molecule has 2 fully saturated rings. The van der Waals surface area contributed by atoms with Crippen molar-refractivity contribution < 1.29 is 19.1 Å². The van der Waals surface area contributed by atoms with Gasteiger partial charge in [0.1, 0.15) is 0 Å². The molecular formula is C25H27N3O4. The lowest BCUT2D eigenvalue weighted by Gasteiger charge is -2.42. The van der Waals surface area contributed by atoms with Crippen LogP contribution in [0.15, 0.2) is 42.6 Å². The van der Waals surface area contributed by atoms with Gasteiger partial charge in [-0.05, 0) is 41.9 Å². The highest BCUT2D eigenvalue weighted by Crippen LogP contribution is 2.46. The van der Waals surface area contributed by atoms with E-state index in [2.05, 4.69) is 11.1 Å². The van der Waals surface area contributed by atoms with Gasteiger partial charge in [0, 0.05) is 32.0 Å². The molecule has 2 aliphatic heterocycles. The van der Waals surface area contributed by atoms with Gasteiger partial charge in [-0.25, -0.2) is 14.7 Å². The van der Waals surface area contributed by atoms with Gasteiger partial charge in [0.05, 0.1) is 11.9 Å². The Bertz CT molecular complexity index is 1020. The number of piperidine rings is 1. The number of nitrogens with zero attached hydrogens (tertiary/aromatic N) is 3. The second-order valence-electron chi connectivity index (χ2n) is 9.20. The van der Waals surface area contributed by atoms with E-state index in [1.807, 2.05) is 18.2 Å². The number of carbonyl (C=O) groups excluding carboxylic acids is 3. The third kappa shape index (κ3) is 3.99. The first-order valence-electron chi connectivity index (χ1n) is 11.4. The van der Waals surface area contributed by atoms with Crippen molar-refractivity contribution >= 4 is 23.6 Å². The Kier molecular flexibility index (Phi) is 5.41. The van der Waals surface area contributed by atoms with E-state index in [9.17, 15) is 14.4 Å². The second-order valence-corrected chi connectivity index (χ2v) is 9.20. The topological polar surface area (TPSA) is 79.8 Å². The van der Waals surface area contributed by atoms with Crippen LogP contribution >= 0.6 is 0 Å². The highest BCUT2D eigenvalue weighted by atomic mass is 16.6. The highest BCUT2D eigenvalue weighted by molar-refractivity contribution is 6.16. The van der Waals surface area contributed by atoms with Crippen LogP contribution in [0, 0.1) is 5.41 Å². The number of rotatable bonds is 2. The summed E-state index contributed by atoms with van der Waals surface area (Å²) in [5.74, 6) is -0.179. The molecule has 5 rings (SSSR count). The third-order valence-corrected chi connectivity index (χ3v) is 7.03. The van der Waals surface area contributed by atoms with E-state index < -0.39 is 6.09 Å². The van der Waals surface area contributed by atoms with Crippen LogP contribution in [0.4, 0.5) is 10.5 Å². The van der Waals surface area contributed by atoms with Gasteiger partial charge in [-0.2, -0.15) is 0 Å². The molecule has 0 unspecified atom stereocenters. The van der Waals surface area contributed by atoms with E-state index in [0.717, 1.165) is 37.7 Å². The van der Waals surface area contributed by atoms with E-state index in [-0.39, 0.29) is 23.1 Å². The number of fused-ring (bicyclic) bond motifs is 1. The summed E-state index contributed by atoms with van der Waals surface area (Å²) >= 11 is 0. The Balaban J connectivity index is 1.23. The molecule has 0 atom stereocenters. The van der Waals surface area contributed by atoms with Crippen LogP contribution in [0.25, 0.3) is 0 Å².